The summed E-state index contributed by atoms with van der Waals surface area (Å²) < 4.78 is 0. The predicted octanol–water partition coefficient (Wildman–Crippen LogP) is 8.04. The molecule has 2 atom stereocenters. The Labute approximate surface area is 188 Å². The molecule has 2 heteroatoms. The summed E-state index contributed by atoms with van der Waals surface area (Å²) in [7, 11) is 0. The van der Waals surface area contributed by atoms with Gasteiger partial charge in [0.1, 0.15) is 0 Å². The number of fused-ring (bicyclic) bond motifs is 1. The van der Waals surface area contributed by atoms with E-state index in [1.54, 1.807) is 0 Å². The second kappa shape index (κ2) is 7.30. The second-order valence-corrected chi connectivity index (χ2v) is 9.10. The average molecular weight is 429 g/mol. The summed E-state index contributed by atoms with van der Waals surface area (Å²) in [6.07, 6.45) is 0.858. The normalized spacial score (nSPS) is 22.6. The third-order valence-corrected chi connectivity index (χ3v) is 7.33. The molecule has 0 saturated carbocycles. The van der Waals surface area contributed by atoms with Gasteiger partial charge in [-0.2, -0.15) is 0 Å². The van der Waals surface area contributed by atoms with Gasteiger partial charge in [-0.25, -0.2) is 0 Å². The van der Waals surface area contributed by atoms with E-state index in [0.717, 1.165) is 27.6 Å². The molecule has 0 amide bonds. The molecule has 0 aliphatic heterocycles. The number of halogens is 2. The van der Waals surface area contributed by atoms with E-state index in [1.165, 1.54) is 16.7 Å². The first-order valence-corrected chi connectivity index (χ1v) is 11.0. The fourth-order valence-corrected chi connectivity index (χ4v) is 6.03. The molecule has 0 saturated heterocycles. The van der Waals surface area contributed by atoms with E-state index in [1.807, 2.05) is 24.3 Å². The molecule has 4 aromatic rings. The number of hydrogen-bond acceptors (Lipinski definition) is 0. The molecule has 0 aromatic heterocycles. The summed E-state index contributed by atoms with van der Waals surface area (Å²) in [4.78, 5) is 0. The van der Waals surface area contributed by atoms with Crippen molar-refractivity contribution < 1.29 is 0 Å². The molecular weight excluding hydrogens is 407 g/mol. The maximum absolute atomic E-state index is 6.85. The summed E-state index contributed by atoms with van der Waals surface area (Å²) in [6, 6.07) is 36.0. The fourth-order valence-electron chi connectivity index (χ4n) is 5.39. The Balaban J connectivity index is 1.88. The molecule has 30 heavy (non-hydrogen) atoms. The van der Waals surface area contributed by atoms with Crippen LogP contribution >= 0.6 is 23.2 Å². The van der Waals surface area contributed by atoms with Crippen LogP contribution in [0.15, 0.2) is 103 Å². The second-order valence-electron chi connectivity index (χ2n) is 8.29. The highest BCUT2D eigenvalue weighted by Crippen LogP contribution is 2.60. The van der Waals surface area contributed by atoms with Crippen LogP contribution in [0.4, 0.5) is 0 Å². The minimum Gasteiger partial charge on any atom is -0.0840 e. The Morgan fingerprint density at radius 1 is 0.533 bits per heavy atom. The topological polar surface area (TPSA) is 0 Å². The van der Waals surface area contributed by atoms with E-state index in [2.05, 4.69) is 85.8 Å². The van der Waals surface area contributed by atoms with Gasteiger partial charge in [0.2, 0.25) is 0 Å². The van der Waals surface area contributed by atoms with Crippen molar-refractivity contribution in [3.8, 4) is 0 Å². The summed E-state index contributed by atoms with van der Waals surface area (Å²) in [5, 5.41) is 1.59. The summed E-state index contributed by atoms with van der Waals surface area (Å²) >= 11 is 13.6. The van der Waals surface area contributed by atoms with Crippen molar-refractivity contribution in [1.82, 2.24) is 0 Å². The van der Waals surface area contributed by atoms with Gasteiger partial charge in [0.05, 0.1) is 0 Å². The molecule has 0 radical (unpaired) electrons. The zero-order chi connectivity index (χ0) is 20.8. The Hall–Kier alpha value is -2.54. The van der Waals surface area contributed by atoms with Crippen molar-refractivity contribution in [3.05, 3.63) is 141 Å². The number of hydrogen-bond donors (Lipinski definition) is 0. The molecule has 148 valence electrons. The van der Waals surface area contributed by atoms with Crippen LogP contribution in [0.2, 0.25) is 10.0 Å². The van der Waals surface area contributed by atoms with Crippen LogP contribution in [0.5, 0.6) is 0 Å². The largest absolute Gasteiger partial charge is 0.0840 e. The molecule has 1 aliphatic carbocycles. The van der Waals surface area contributed by atoms with Gasteiger partial charge >= 0.3 is 0 Å². The lowest BCUT2D eigenvalue weighted by Gasteiger charge is -2.35. The van der Waals surface area contributed by atoms with Gasteiger partial charge in [0.15, 0.2) is 0 Å². The van der Waals surface area contributed by atoms with Crippen molar-refractivity contribution in [2.75, 3.05) is 0 Å². The van der Waals surface area contributed by atoms with Crippen LogP contribution in [0.25, 0.3) is 0 Å². The molecule has 0 nitrogen and oxygen atoms in total. The number of benzene rings is 4. The van der Waals surface area contributed by atoms with Crippen molar-refractivity contribution in [2.24, 2.45) is 0 Å². The fraction of sp³-hybridized carbons (Fsp3) is 0.143. The van der Waals surface area contributed by atoms with Crippen molar-refractivity contribution in [2.45, 2.75) is 24.2 Å². The summed E-state index contributed by atoms with van der Waals surface area (Å²) in [6.45, 7) is 2.31. The van der Waals surface area contributed by atoms with E-state index in [-0.39, 0.29) is 10.8 Å². The van der Waals surface area contributed by atoms with E-state index in [9.17, 15) is 0 Å². The lowest BCUT2D eigenvalue weighted by atomic mass is 9.67. The molecule has 0 heterocycles. The summed E-state index contributed by atoms with van der Waals surface area (Å²) in [5.74, 6) is 0. The molecule has 5 rings (SSSR count). The lowest BCUT2D eigenvalue weighted by Crippen LogP contribution is -2.31. The molecule has 0 spiro atoms. The van der Waals surface area contributed by atoms with Gasteiger partial charge in [-0.05, 0) is 46.4 Å². The van der Waals surface area contributed by atoms with Crippen molar-refractivity contribution >= 4 is 23.2 Å². The van der Waals surface area contributed by atoms with Gasteiger partial charge in [-0.1, -0.05) is 121 Å². The van der Waals surface area contributed by atoms with Crippen LogP contribution in [0.1, 0.15) is 41.2 Å². The molecule has 2 unspecified atom stereocenters. The minimum absolute atomic E-state index is 0.246. The highest BCUT2D eigenvalue weighted by Gasteiger charge is 2.53. The highest BCUT2D eigenvalue weighted by atomic mass is 35.5. The molecule has 1 aliphatic rings. The van der Waals surface area contributed by atoms with Gasteiger partial charge in [-0.3, -0.25) is 0 Å². The third-order valence-electron chi connectivity index (χ3n) is 6.67. The van der Waals surface area contributed by atoms with E-state index in [4.69, 9.17) is 23.2 Å². The highest BCUT2D eigenvalue weighted by molar-refractivity contribution is 6.32. The van der Waals surface area contributed by atoms with Crippen LogP contribution in [-0.2, 0) is 10.8 Å². The first kappa shape index (κ1) is 19.4. The molecular formula is C28H22Cl2. The Bertz CT molecular complexity index is 1210. The average Bonchev–Trinajstić information content (AvgIpc) is 3.06. The van der Waals surface area contributed by atoms with Crippen molar-refractivity contribution in [1.29, 1.82) is 0 Å². The Morgan fingerprint density at radius 3 is 1.60 bits per heavy atom. The Kier molecular flexibility index (Phi) is 4.73. The third kappa shape index (κ3) is 2.75. The van der Waals surface area contributed by atoms with Crippen molar-refractivity contribution in [3.63, 3.8) is 0 Å². The first-order chi connectivity index (χ1) is 14.6. The van der Waals surface area contributed by atoms with Gasteiger partial charge in [-0.15, -0.1) is 0 Å². The Morgan fingerprint density at radius 2 is 1.00 bits per heavy atom. The predicted molar refractivity (Wildman–Crippen MR) is 127 cm³/mol. The van der Waals surface area contributed by atoms with Crippen LogP contribution in [-0.4, -0.2) is 0 Å². The SMILES string of the molecule is CC1(c2ccccc2Cl)CC(c2ccccc2)(c2ccccc2Cl)c2ccccc21. The minimum atomic E-state index is -0.357. The monoisotopic (exact) mass is 428 g/mol. The van der Waals surface area contributed by atoms with Gasteiger partial charge < -0.3 is 0 Å². The quantitative estimate of drug-likeness (QED) is 0.309. The zero-order valence-electron chi connectivity index (χ0n) is 16.8. The van der Waals surface area contributed by atoms with Crippen LogP contribution in [0.3, 0.4) is 0 Å². The maximum Gasteiger partial charge on any atom is 0.0480 e. The van der Waals surface area contributed by atoms with Crippen LogP contribution < -0.4 is 0 Å². The molecule has 0 N–H and O–H groups in total. The number of rotatable bonds is 3. The van der Waals surface area contributed by atoms with E-state index in [0.29, 0.717) is 0 Å². The maximum atomic E-state index is 6.85. The molecule has 4 aromatic carbocycles. The molecule has 0 fully saturated rings. The smallest absolute Gasteiger partial charge is 0.0480 e. The summed E-state index contributed by atoms with van der Waals surface area (Å²) in [5.41, 5.74) is 5.55. The zero-order valence-corrected chi connectivity index (χ0v) is 18.3. The van der Waals surface area contributed by atoms with E-state index >= 15 is 0 Å². The molecule has 0 bridgehead atoms. The van der Waals surface area contributed by atoms with Gasteiger partial charge in [0.25, 0.3) is 0 Å². The van der Waals surface area contributed by atoms with Crippen LogP contribution in [0, 0.1) is 0 Å². The van der Waals surface area contributed by atoms with E-state index < -0.39 is 0 Å². The van der Waals surface area contributed by atoms with Gasteiger partial charge in [0, 0.05) is 20.9 Å². The lowest BCUT2D eigenvalue weighted by molar-refractivity contribution is 0.473. The standard InChI is InChI=1S/C28H22Cl2/c1-27(23-15-7-9-17-25(23)29)19-28(20-11-3-2-4-12-20,22-14-6-5-13-21(22)27)24-16-8-10-18-26(24)30/h2-18H,19H2,1H3. The first-order valence-electron chi connectivity index (χ1n) is 10.2.